The Morgan fingerprint density at radius 3 is 2.28 bits per heavy atom. The number of esters is 2. The fourth-order valence-corrected chi connectivity index (χ4v) is 10.0. The topological polar surface area (TPSA) is 216 Å². The number of amides is 4. The van der Waals surface area contributed by atoms with Crippen molar-refractivity contribution in [2.75, 3.05) is 25.4 Å². The van der Waals surface area contributed by atoms with Gasteiger partial charge in [0.1, 0.15) is 28.8 Å². The summed E-state index contributed by atoms with van der Waals surface area (Å²) in [6, 6.07) is 11.3. The lowest BCUT2D eigenvalue weighted by Crippen LogP contribution is -2.54. The second kappa shape index (κ2) is 23.2. The molecule has 2 aromatic carbocycles. The smallest absolute Gasteiger partial charge is 0.415 e. The summed E-state index contributed by atoms with van der Waals surface area (Å²) in [4.78, 5) is 78.8. The first-order valence-corrected chi connectivity index (χ1v) is 22.5. The third-order valence-electron chi connectivity index (χ3n) is 9.78. The van der Waals surface area contributed by atoms with Gasteiger partial charge in [-0.1, -0.05) is 44.2 Å². The highest BCUT2D eigenvalue weighted by atomic mass is 33.1. The molecular weight excluding hydrogens is 789 g/mol. The van der Waals surface area contributed by atoms with E-state index in [0.29, 0.717) is 50.1 Å². The molecule has 2 unspecified atom stereocenters. The quantitative estimate of drug-likeness (QED) is 0.0553. The van der Waals surface area contributed by atoms with Crippen molar-refractivity contribution in [3.63, 3.8) is 0 Å². The van der Waals surface area contributed by atoms with Gasteiger partial charge in [0.2, 0.25) is 18.1 Å². The van der Waals surface area contributed by atoms with Crippen LogP contribution in [0.4, 0.5) is 4.79 Å². The summed E-state index contributed by atoms with van der Waals surface area (Å²) in [7, 11) is 0.571. The van der Waals surface area contributed by atoms with Gasteiger partial charge >= 0.3 is 18.0 Å². The molecule has 2 aliphatic heterocycles. The van der Waals surface area contributed by atoms with Crippen LogP contribution in [0, 0.1) is 18.8 Å². The van der Waals surface area contributed by atoms with Gasteiger partial charge in [-0.3, -0.25) is 19.2 Å². The summed E-state index contributed by atoms with van der Waals surface area (Å²) in [6.45, 7) is 7.38. The predicted octanol–water partition coefficient (Wildman–Crippen LogP) is 4.49. The summed E-state index contributed by atoms with van der Waals surface area (Å²) in [5, 5.41) is 5.59. The maximum Gasteiger partial charge on any atom is 0.415 e. The summed E-state index contributed by atoms with van der Waals surface area (Å²) < 4.78 is 34.1. The number of hydrogen-bond donors (Lipinski definition) is 3. The minimum Gasteiger partial charge on any atom is -0.605 e. The van der Waals surface area contributed by atoms with E-state index in [9.17, 15) is 33.3 Å². The standard InChI is InChI=1S/C41H56N4O11S2/c1-26(2)23-33(43-36(46)25-53-35-11-7-5-9-27(35)3)39(49)44-34(40(50)55-28(4)54-37(47)12-8-6-10-32-19-22-57-58(32)52)24-29-13-15-31(16-14-29)56-41(51)45-20-17-30(18-21-45)38(42)48/h5,7,9,11,13-16,26,28,30,32-34H,6,8,10,12,17-25H2,1-4H3,(H2,42,48)(H,43,46)(H,44,49)/t28?,32-,33+,34+,58?/m1/s1. The first kappa shape index (κ1) is 46.2. The molecule has 15 nitrogen and oxygen atoms in total. The van der Waals surface area contributed by atoms with Crippen molar-refractivity contribution in [2.24, 2.45) is 17.6 Å². The number of para-hydroxylation sites is 1. The highest BCUT2D eigenvalue weighted by Gasteiger charge is 2.32. The molecular formula is C41H56N4O11S2. The van der Waals surface area contributed by atoms with E-state index in [0.717, 1.165) is 24.2 Å². The number of likely N-dealkylation sites (tertiary alicyclic amines) is 1. The van der Waals surface area contributed by atoms with E-state index in [4.69, 9.17) is 24.7 Å². The zero-order valence-electron chi connectivity index (χ0n) is 33.6. The number of nitrogens with two attached hydrogens (primary N) is 1. The van der Waals surface area contributed by atoms with Gasteiger partial charge < -0.3 is 44.8 Å². The lowest BCUT2D eigenvalue weighted by atomic mass is 9.97. The SMILES string of the molecule is Cc1ccccc1OCC(=O)N[C@@H](CC(C)C)C(=O)N[C@@H](Cc1ccc(OC(=O)N2CCC(C(N)=O)CC2)cc1)C(=O)OC(C)OC(=O)CCCC[C@@H]1CCS[S+]1[O-]. The molecule has 17 heteroatoms. The van der Waals surface area contributed by atoms with Crippen molar-refractivity contribution in [1.82, 2.24) is 15.5 Å². The van der Waals surface area contributed by atoms with E-state index >= 15 is 0 Å². The van der Waals surface area contributed by atoms with Crippen LogP contribution in [0.25, 0.3) is 0 Å². The number of nitrogens with zero attached hydrogens (tertiary/aromatic N) is 1. The molecule has 4 amide bonds. The Labute approximate surface area is 346 Å². The van der Waals surface area contributed by atoms with Gasteiger partial charge in [0.15, 0.2) is 6.61 Å². The van der Waals surface area contributed by atoms with Gasteiger partial charge in [-0.05, 0) is 80.7 Å². The largest absolute Gasteiger partial charge is 0.605 e. The zero-order chi connectivity index (χ0) is 42.2. The number of carbonyl (C=O) groups is 6. The van der Waals surface area contributed by atoms with Crippen molar-refractivity contribution in [1.29, 1.82) is 0 Å². The molecule has 0 aliphatic carbocycles. The first-order valence-electron chi connectivity index (χ1n) is 19.8. The van der Waals surface area contributed by atoms with E-state index < -0.39 is 58.4 Å². The van der Waals surface area contributed by atoms with Gasteiger partial charge in [-0.25, -0.2) is 9.59 Å². The van der Waals surface area contributed by atoms with E-state index in [1.807, 2.05) is 32.9 Å². The maximum atomic E-state index is 13.8. The number of ether oxygens (including phenoxy) is 4. The summed E-state index contributed by atoms with van der Waals surface area (Å²) in [5.74, 6) is -1.60. The Morgan fingerprint density at radius 2 is 1.64 bits per heavy atom. The van der Waals surface area contributed by atoms with Gasteiger partial charge in [0.05, 0.1) is 10.8 Å². The maximum absolute atomic E-state index is 13.8. The van der Waals surface area contributed by atoms with Crippen molar-refractivity contribution in [3.05, 3.63) is 59.7 Å². The summed E-state index contributed by atoms with van der Waals surface area (Å²) in [6.07, 6.45) is 2.29. The molecule has 5 atom stereocenters. The minimum atomic E-state index is -1.27. The van der Waals surface area contributed by atoms with E-state index in [1.54, 1.807) is 36.4 Å². The molecule has 0 spiro atoms. The molecule has 2 saturated heterocycles. The molecule has 0 aromatic heterocycles. The molecule has 4 rings (SSSR count). The number of rotatable bonds is 20. The third kappa shape index (κ3) is 15.4. The van der Waals surface area contributed by atoms with Crippen LogP contribution in [-0.4, -0.2) is 94.3 Å². The van der Waals surface area contributed by atoms with Gasteiger partial charge in [-0.15, -0.1) is 0 Å². The number of benzene rings is 2. The molecule has 0 saturated carbocycles. The molecule has 0 radical (unpaired) electrons. The number of unbranched alkanes of at least 4 members (excludes halogenated alkanes) is 1. The van der Waals surface area contributed by atoms with Crippen molar-refractivity contribution < 1.29 is 52.3 Å². The molecule has 318 valence electrons. The van der Waals surface area contributed by atoms with Crippen LogP contribution in [0.3, 0.4) is 0 Å². The van der Waals surface area contributed by atoms with Crippen LogP contribution in [0.15, 0.2) is 48.5 Å². The Kier molecular flexibility index (Phi) is 18.5. The van der Waals surface area contributed by atoms with Crippen molar-refractivity contribution >= 4 is 56.8 Å². The monoisotopic (exact) mass is 844 g/mol. The zero-order valence-corrected chi connectivity index (χ0v) is 35.2. The van der Waals surface area contributed by atoms with Crippen molar-refractivity contribution in [3.8, 4) is 11.5 Å². The number of nitrogens with one attached hydrogen (secondary N) is 2. The molecule has 4 N–H and O–H groups in total. The van der Waals surface area contributed by atoms with Gasteiger partial charge in [0.25, 0.3) is 5.91 Å². The number of carbonyl (C=O) groups excluding carboxylic acids is 6. The van der Waals surface area contributed by atoms with Gasteiger partial charge in [-0.2, -0.15) is 0 Å². The number of aryl methyl sites for hydroxylation is 1. The summed E-state index contributed by atoms with van der Waals surface area (Å²) >= 11 is 0. The Morgan fingerprint density at radius 1 is 0.931 bits per heavy atom. The number of primary amides is 1. The fraction of sp³-hybridized carbons (Fsp3) is 0.561. The molecule has 0 bridgehead atoms. The average molecular weight is 845 g/mol. The summed E-state index contributed by atoms with van der Waals surface area (Å²) in [5.41, 5.74) is 6.82. The van der Waals surface area contributed by atoms with E-state index in [1.165, 1.54) is 22.6 Å². The predicted molar refractivity (Wildman–Crippen MR) is 219 cm³/mol. The average Bonchev–Trinajstić information content (AvgIpc) is 3.60. The second-order valence-corrected chi connectivity index (χ2v) is 18.5. The first-order chi connectivity index (χ1) is 27.7. The number of piperidine rings is 1. The van der Waals surface area contributed by atoms with Crippen LogP contribution in [0.2, 0.25) is 0 Å². The Bertz CT molecular complexity index is 1700. The van der Waals surface area contributed by atoms with Crippen LogP contribution in [0.5, 0.6) is 11.5 Å². The third-order valence-corrected chi connectivity index (χ3v) is 13.4. The van der Waals surface area contributed by atoms with E-state index in [2.05, 4.69) is 10.6 Å². The van der Waals surface area contributed by atoms with Crippen LogP contribution < -0.4 is 25.8 Å². The molecule has 2 aliphatic rings. The molecule has 2 heterocycles. The normalized spacial score (nSPS) is 18.4. The van der Waals surface area contributed by atoms with Crippen LogP contribution in [-0.2, 0) is 50.1 Å². The molecule has 58 heavy (non-hydrogen) atoms. The highest BCUT2D eigenvalue weighted by Crippen LogP contribution is 2.33. The fourth-order valence-electron chi connectivity index (χ4n) is 6.56. The minimum absolute atomic E-state index is 0.0119. The molecule has 2 fully saturated rings. The van der Waals surface area contributed by atoms with Crippen LogP contribution >= 0.6 is 10.8 Å². The van der Waals surface area contributed by atoms with Crippen molar-refractivity contribution in [2.45, 2.75) is 109 Å². The lowest BCUT2D eigenvalue weighted by Gasteiger charge is -2.29. The van der Waals surface area contributed by atoms with E-state index in [-0.39, 0.29) is 54.6 Å². The Hall–Kier alpha value is -4.48. The second-order valence-electron chi connectivity index (χ2n) is 15.0. The highest BCUT2D eigenvalue weighted by molar-refractivity contribution is 8.72. The lowest BCUT2D eigenvalue weighted by molar-refractivity contribution is -0.186. The van der Waals surface area contributed by atoms with Crippen LogP contribution in [0.1, 0.15) is 83.3 Å². The van der Waals surface area contributed by atoms with Gasteiger partial charge in [0, 0.05) is 61.2 Å². The molecule has 2 aromatic rings. The Balaban J connectivity index is 1.39. The number of hydrogen-bond acceptors (Lipinski definition) is 12.